The maximum atomic E-state index is 12.5. The van der Waals surface area contributed by atoms with Gasteiger partial charge in [0.05, 0.1) is 4.90 Å². The van der Waals surface area contributed by atoms with Crippen LogP contribution in [-0.2, 0) is 10.0 Å². The SMILES string of the molecule is Cc1ccc(S(=O)(=O)N2C/C=C\CC/C=C/C2)cc1. The average Bonchev–Trinajstić information content (AvgIpc) is 2.52. The van der Waals surface area contributed by atoms with Crippen LogP contribution in [0.4, 0.5) is 0 Å². The zero-order chi connectivity index (χ0) is 13.7. The Labute approximate surface area is 115 Å². The number of sulfonamides is 1. The van der Waals surface area contributed by atoms with Crippen molar-refractivity contribution in [3.8, 4) is 0 Å². The highest BCUT2D eigenvalue weighted by Gasteiger charge is 2.22. The Morgan fingerprint density at radius 2 is 1.42 bits per heavy atom. The topological polar surface area (TPSA) is 37.4 Å². The monoisotopic (exact) mass is 277 g/mol. The predicted octanol–water partition coefficient (Wildman–Crippen LogP) is 2.89. The largest absolute Gasteiger partial charge is 0.243 e. The van der Waals surface area contributed by atoms with E-state index < -0.39 is 10.0 Å². The summed E-state index contributed by atoms with van der Waals surface area (Å²) < 4.78 is 26.6. The summed E-state index contributed by atoms with van der Waals surface area (Å²) in [5.41, 5.74) is 1.06. The molecule has 19 heavy (non-hydrogen) atoms. The van der Waals surface area contributed by atoms with Crippen molar-refractivity contribution in [3.05, 3.63) is 54.1 Å². The molecule has 0 bridgehead atoms. The third-order valence-corrected chi connectivity index (χ3v) is 4.96. The van der Waals surface area contributed by atoms with Crippen molar-refractivity contribution in [3.63, 3.8) is 0 Å². The number of nitrogens with zero attached hydrogens (tertiary/aromatic N) is 1. The van der Waals surface area contributed by atoms with E-state index in [0.717, 1.165) is 18.4 Å². The van der Waals surface area contributed by atoms with Gasteiger partial charge in [0.15, 0.2) is 0 Å². The Morgan fingerprint density at radius 3 is 1.95 bits per heavy atom. The van der Waals surface area contributed by atoms with Gasteiger partial charge in [0.1, 0.15) is 0 Å². The lowest BCUT2D eigenvalue weighted by atomic mass is 10.2. The lowest BCUT2D eigenvalue weighted by Gasteiger charge is -2.19. The third kappa shape index (κ3) is 3.55. The van der Waals surface area contributed by atoms with Gasteiger partial charge in [-0.05, 0) is 31.9 Å². The summed E-state index contributed by atoms with van der Waals surface area (Å²) in [4.78, 5) is 0.360. The molecule has 3 nitrogen and oxygen atoms in total. The highest BCUT2D eigenvalue weighted by Crippen LogP contribution is 2.17. The van der Waals surface area contributed by atoms with E-state index in [0.29, 0.717) is 18.0 Å². The number of hydrogen-bond donors (Lipinski definition) is 0. The second-order valence-corrected chi connectivity index (χ2v) is 6.59. The van der Waals surface area contributed by atoms with Crippen molar-refractivity contribution in [1.29, 1.82) is 0 Å². The molecular formula is C15H19NO2S. The lowest BCUT2D eigenvalue weighted by molar-refractivity contribution is 0.474. The zero-order valence-electron chi connectivity index (χ0n) is 11.1. The summed E-state index contributed by atoms with van der Waals surface area (Å²) in [7, 11) is -3.40. The minimum absolute atomic E-state index is 0.360. The molecule has 1 aromatic carbocycles. The van der Waals surface area contributed by atoms with Crippen molar-refractivity contribution in [2.75, 3.05) is 13.1 Å². The third-order valence-electron chi connectivity index (χ3n) is 3.11. The zero-order valence-corrected chi connectivity index (χ0v) is 11.9. The van der Waals surface area contributed by atoms with Crippen molar-refractivity contribution < 1.29 is 8.42 Å². The minimum Gasteiger partial charge on any atom is -0.207 e. The van der Waals surface area contributed by atoms with Gasteiger partial charge in [0.2, 0.25) is 10.0 Å². The fourth-order valence-corrected chi connectivity index (χ4v) is 3.29. The van der Waals surface area contributed by atoms with Crippen LogP contribution >= 0.6 is 0 Å². The highest BCUT2D eigenvalue weighted by atomic mass is 32.2. The molecule has 0 fully saturated rings. The van der Waals surface area contributed by atoms with Crippen LogP contribution in [0.5, 0.6) is 0 Å². The fraction of sp³-hybridized carbons (Fsp3) is 0.333. The summed E-state index contributed by atoms with van der Waals surface area (Å²) in [5.74, 6) is 0. The molecule has 0 spiro atoms. The Bertz CT molecular complexity index is 555. The van der Waals surface area contributed by atoms with E-state index >= 15 is 0 Å². The Morgan fingerprint density at radius 1 is 0.895 bits per heavy atom. The van der Waals surface area contributed by atoms with E-state index in [4.69, 9.17) is 0 Å². The van der Waals surface area contributed by atoms with Gasteiger partial charge in [-0.2, -0.15) is 4.31 Å². The summed E-state index contributed by atoms with van der Waals surface area (Å²) in [6, 6.07) is 7.00. The number of hydrogen-bond acceptors (Lipinski definition) is 2. The normalized spacial score (nSPS) is 21.1. The molecule has 0 saturated carbocycles. The van der Waals surface area contributed by atoms with E-state index in [9.17, 15) is 8.42 Å². The van der Waals surface area contributed by atoms with Crippen LogP contribution in [0.3, 0.4) is 0 Å². The Kier molecular flexibility index (Phi) is 4.56. The van der Waals surface area contributed by atoms with Crippen LogP contribution < -0.4 is 0 Å². The maximum Gasteiger partial charge on any atom is 0.243 e. The molecule has 1 aromatic rings. The van der Waals surface area contributed by atoms with Gasteiger partial charge in [0, 0.05) is 13.1 Å². The molecule has 0 aromatic heterocycles. The molecule has 2 rings (SSSR count). The molecule has 0 amide bonds. The molecular weight excluding hydrogens is 258 g/mol. The molecule has 1 aliphatic heterocycles. The molecule has 4 heteroatoms. The van der Waals surface area contributed by atoms with Gasteiger partial charge in [-0.3, -0.25) is 0 Å². The van der Waals surface area contributed by atoms with Gasteiger partial charge in [-0.25, -0.2) is 8.42 Å². The quantitative estimate of drug-likeness (QED) is 0.779. The number of benzene rings is 1. The van der Waals surface area contributed by atoms with Crippen LogP contribution in [0.15, 0.2) is 53.5 Å². The molecule has 1 heterocycles. The smallest absolute Gasteiger partial charge is 0.207 e. The summed E-state index contributed by atoms with van der Waals surface area (Å²) >= 11 is 0. The summed E-state index contributed by atoms with van der Waals surface area (Å²) in [5, 5.41) is 0. The fourth-order valence-electron chi connectivity index (χ4n) is 1.94. The standard InChI is InChI=1S/C15H19NO2S/c1-14-8-10-15(11-9-14)19(17,18)16-12-6-4-2-3-5-7-13-16/h4-11H,2-3,12-13H2,1H3/b6-4-,7-5+. The van der Waals surface area contributed by atoms with Crippen LogP contribution in [0, 0.1) is 6.92 Å². The lowest BCUT2D eigenvalue weighted by Crippen LogP contribution is -2.31. The first-order valence-corrected chi connectivity index (χ1v) is 7.91. The van der Waals surface area contributed by atoms with Crippen LogP contribution in [0.1, 0.15) is 18.4 Å². The number of aryl methyl sites for hydroxylation is 1. The Balaban J connectivity index is 2.28. The van der Waals surface area contributed by atoms with E-state index in [1.54, 1.807) is 12.1 Å². The van der Waals surface area contributed by atoms with E-state index in [1.165, 1.54) is 4.31 Å². The minimum atomic E-state index is -3.40. The molecule has 1 aliphatic rings. The summed E-state index contributed by atoms with van der Waals surface area (Å²) in [6.45, 7) is 2.81. The number of rotatable bonds is 2. The average molecular weight is 277 g/mol. The van der Waals surface area contributed by atoms with Gasteiger partial charge in [-0.15, -0.1) is 0 Å². The van der Waals surface area contributed by atoms with Crippen LogP contribution in [0.25, 0.3) is 0 Å². The first-order valence-electron chi connectivity index (χ1n) is 6.47. The second kappa shape index (κ2) is 6.17. The molecule has 0 atom stereocenters. The van der Waals surface area contributed by atoms with Crippen molar-refractivity contribution in [1.82, 2.24) is 4.31 Å². The highest BCUT2D eigenvalue weighted by molar-refractivity contribution is 7.89. The van der Waals surface area contributed by atoms with Crippen molar-refractivity contribution >= 4 is 10.0 Å². The predicted molar refractivity (Wildman–Crippen MR) is 77.5 cm³/mol. The molecule has 0 N–H and O–H groups in total. The first-order chi connectivity index (χ1) is 9.10. The second-order valence-electron chi connectivity index (χ2n) is 4.66. The first kappa shape index (κ1) is 14.0. The van der Waals surface area contributed by atoms with E-state index in [2.05, 4.69) is 0 Å². The van der Waals surface area contributed by atoms with Crippen molar-refractivity contribution in [2.24, 2.45) is 0 Å². The van der Waals surface area contributed by atoms with Crippen LogP contribution in [-0.4, -0.2) is 25.8 Å². The van der Waals surface area contributed by atoms with Gasteiger partial charge in [0.25, 0.3) is 0 Å². The number of allylic oxidation sites excluding steroid dienone is 2. The molecule has 102 valence electrons. The molecule has 0 saturated heterocycles. The molecule has 0 unspecified atom stereocenters. The Hall–Kier alpha value is -1.39. The maximum absolute atomic E-state index is 12.5. The van der Waals surface area contributed by atoms with E-state index in [-0.39, 0.29) is 0 Å². The molecule has 0 radical (unpaired) electrons. The van der Waals surface area contributed by atoms with Crippen LogP contribution in [0.2, 0.25) is 0 Å². The van der Waals surface area contributed by atoms with Gasteiger partial charge in [-0.1, -0.05) is 42.0 Å². The summed E-state index contributed by atoms with van der Waals surface area (Å²) in [6.07, 6.45) is 9.86. The van der Waals surface area contributed by atoms with Crippen molar-refractivity contribution in [2.45, 2.75) is 24.7 Å². The molecule has 0 aliphatic carbocycles. The van der Waals surface area contributed by atoms with Gasteiger partial charge < -0.3 is 0 Å². The van der Waals surface area contributed by atoms with E-state index in [1.807, 2.05) is 43.4 Å². The van der Waals surface area contributed by atoms with Gasteiger partial charge >= 0.3 is 0 Å².